The number of aryl methyl sites for hydroxylation is 1. The van der Waals surface area contributed by atoms with Crippen molar-refractivity contribution in [3.8, 4) is 5.75 Å². The summed E-state index contributed by atoms with van der Waals surface area (Å²) in [5.74, 6) is 1.73. The summed E-state index contributed by atoms with van der Waals surface area (Å²) in [5.41, 5.74) is 2.70. The lowest BCUT2D eigenvalue weighted by molar-refractivity contribution is 0.186. The second-order valence-electron chi connectivity index (χ2n) is 5.35. The maximum Gasteiger partial charge on any atom is 0.123 e. The summed E-state index contributed by atoms with van der Waals surface area (Å²) in [6, 6.07) is 7.03. The molecule has 0 saturated heterocycles. The molecule has 94 valence electrons. The summed E-state index contributed by atoms with van der Waals surface area (Å²) in [6.45, 7) is 6.66. The Morgan fingerprint density at radius 3 is 2.88 bits per heavy atom. The molecule has 0 aromatic heterocycles. The molecule has 0 aliphatic carbocycles. The van der Waals surface area contributed by atoms with Gasteiger partial charge >= 0.3 is 0 Å². The Labute approximate surface area is 104 Å². The Morgan fingerprint density at radius 1 is 1.41 bits per heavy atom. The van der Waals surface area contributed by atoms with Crippen molar-refractivity contribution in [1.82, 2.24) is 5.32 Å². The first-order chi connectivity index (χ1) is 8.10. The zero-order valence-electron chi connectivity index (χ0n) is 11.3. The zero-order chi connectivity index (χ0) is 12.4. The Balaban J connectivity index is 1.96. The third-order valence-corrected chi connectivity index (χ3v) is 3.90. The first-order valence-corrected chi connectivity index (χ1v) is 6.53. The van der Waals surface area contributed by atoms with Crippen molar-refractivity contribution >= 4 is 0 Å². The van der Waals surface area contributed by atoms with Gasteiger partial charge in [-0.2, -0.15) is 0 Å². The summed E-state index contributed by atoms with van der Waals surface area (Å²) >= 11 is 0. The third-order valence-electron chi connectivity index (χ3n) is 3.90. The summed E-state index contributed by atoms with van der Waals surface area (Å²) in [6.07, 6.45) is 2.55. The van der Waals surface area contributed by atoms with Gasteiger partial charge in [0.25, 0.3) is 0 Å². The number of nitrogens with one attached hydrogen (secondary N) is 1. The van der Waals surface area contributed by atoms with Gasteiger partial charge in [0, 0.05) is 12.5 Å². The molecule has 3 unspecified atom stereocenters. The summed E-state index contributed by atoms with van der Waals surface area (Å²) in [7, 11) is 2.02. The van der Waals surface area contributed by atoms with Gasteiger partial charge in [-0.25, -0.2) is 0 Å². The number of ether oxygens (including phenoxy) is 1. The molecule has 0 spiro atoms. The Bertz CT molecular complexity index is 389. The minimum Gasteiger partial charge on any atom is -0.490 e. The lowest BCUT2D eigenvalue weighted by Gasteiger charge is -2.22. The number of hydrogen-bond donors (Lipinski definition) is 1. The minimum absolute atomic E-state index is 0.359. The van der Waals surface area contributed by atoms with E-state index in [0.29, 0.717) is 18.1 Å². The Hall–Kier alpha value is -1.02. The molecule has 1 aliphatic rings. The van der Waals surface area contributed by atoms with Crippen LogP contribution in [0.4, 0.5) is 0 Å². The highest BCUT2D eigenvalue weighted by Gasteiger charge is 2.25. The quantitative estimate of drug-likeness (QED) is 0.863. The molecule has 2 rings (SSSR count). The van der Waals surface area contributed by atoms with E-state index >= 15 is 0 Å². The van der Waals surface area contributed by atoms with Crippen molar-refractivity contribution in [2.75, 3.05) is 7.05 Å². The van der Waals surface area contributed by atoms with Crippen molar-refractivity contribution in [3.05, 3.63) is 29.3 Å². The van der Waals surface area contributed by atoms with E-state index in [1.54, 1.807) is 0 Å². The molecule has 2 heteroatoms. The number of fused-ring (bicyclic) bond motifs is 1. The fourth-order valence-electron chi connectivity index (χ4n) is 2.48. The van der Waals surface area contributed by atoms with Gasteiger partial charge in [0.1, 0.15) is 11.9 Å². The van der Waals surface area contributed by atoms with Gasteiger partial charge in [-0.3, -0.25) is 0 Å². The zero-order valence-corrected chi connectivity index (χ0v) is 11.3. The van der Waals surface area contributed by atoms with E-state index in [4.69, 9.17) is 4.74 Å². The molecular formula is C15H23NO. The molecule has 1 N–H and O–H groups in total. The second kappa shape index (κ2) is 5.09. The van der Waals surface area contributed by atoms with Crippen molar-refractivity contribution in [2.45, 2.75) is 45.8 Å². The van der Waals surface area contributed by atoms with Crippen LogP contribution in [0.15, 0.2) is 18.2 Å². The molecule has 1 aromatic carbocycles. The van der Waals surface area contributed by atoms with Gasteiger partial charge < -0.3 is 10.1 Å². The average Bonchev–Trinajstić information content (AvgIpc) is 2.69. The van der Waals surface area contributed by atoms with Gasteiger partial charge in [-0.15, -0.1) is 0 Å². The van der Waals surface area contributed by atoms with Gasteiger partial charge in [-0.05, 0) is 44.9 Å². The minimum atomic E-state index is 0.359. The Kier molecular flexibility index (Phi) is 3.72. The van der Waals surface area contributed by atoms with Gasteiger partial charge in [0.2, 0.25) is 0 Å². The molecule has 3 atom stereocenters. The van der Waals surface area contributed by atoms with Crippen LogP contribution in [0.2, 0.25) is 0 Å². The van der Waals surface area contributed by atoms with Crippen LogP contribution in [-0.4, -0.2) is 19.2 Å². The van der Waals surface area contributed by atoms with Gasteiger partial charge in [0.15, 0.2) is 0 Å². The van der Waals surface area contributed by atoms with Crippen LogP contribution in [-0.2, 0) is 6.42 Å². The highest BCUT2D eigenvalue weighted by Crippen LogP contribution is 2.32. The SMILES string of the molecule is CNC(C)C(C)CC1Cc2cc(C)ccc2O1. The molecule has 17 heavy (non-hydrogen) atoms. The lowest BCUT2D eigenvalue weighted by Crippen LogP contribution is -2.32. The maximum atomic E-state index is 6.00. The standard InChI is InChI=1S/C15H23NO/c1-10-5-6-15-13(7-10)9-14(17-15)8-11(2)12(3)16-4/h5-7,11-12,14,16H,8-9H2,1-4H3. The van der Waals surface area contributed by atoms with Crippen LogP contribution in [0.3, 0.4) is 0 Å². The van der Waals surface area contributed by atoms with E-state index in [9.17, 15) is 0 Å². The molecule has 1 aliphatic heterocycles. The molecular weight excluding hydrogens is 210 g/mol. The van der Waals surface area contributed by atoms with E-state index < -0.39 is 0 Å². The summed E-state index contributed by atoms with van der Waals surface area (Å²) in [5, 5.41) is 3.31. The molecule has 1 aromatic rings. The molecule has 1 heterocycles. The van der Waals surface area contributed by atoms with Crippen molar-refractivity contribution in [3.63, 3.8) is 0 Å². The normalized spacial score (nSPS) is 21.8. The van der Waals surface area contributed by atoms with E-state index in [2.05, 4.69) is 44.3 Å². The molecule has 0 radical (unpaired) electrons. The lowest BCUT2D eigenvalue weighted by atomic mass is 9.94. The summed E-state index contributed by atoms with van der Waals surface area (Å²) in [4.78, 5) is 0. The highest BCUT2D eigenvalue weighted by atomic mass is 16.5. The molecule has 0 bridgehead atoms. The van der Waals surface area contributed by atoms with Crippen molar-refractivity contribution in [2.24, 2.45) is 5.92 Å². The molecule has 2 nitrogen and oxygen atoms in total. The fraction of sp³-hybridized carbons (Fsp3) is 0.600. The smallest absolute Gasteiger partial charge is 0.123 e. The topological polar surface area (TPSA) is 21.3 Å². The third kappa shape index (κ3) is 2.81. The largest absolute Gasteiger partial charge is 0.490 e. The van der Waals surface area contributed by atoms with Crippen LogP contribution in [0.1, 0.15) is 31.4 Å². The average molecular weight is 233 g/mol. The molecule has 0 amide bonds. The number of hydrogen-bond acceptors (Lipinski definition) is 2. The molecule has 0 saturated carbocycles. The molecule has 0 fully saturated rings. The van der Waals surface area contributed by atoms with Crippen LogP contribution < -0.4 is 10.1 Å². The number of rotatable bonds is 4. The first-order valence-electron chi connectivity index (χ1n) is 6.53. The van der Waals surface area contributed by atoms with Crippen molar-refractivity contribution < 1.29 is 4.74 Å². The van der Waals surface area contributed by atoms with E-state index in [1.165, 1.54) is 11.1 Å². The Morgan fingerprint density at radius 2 is 2.18 bits per heavy atom. The predicted molar refractivity (Wildman–Crippen MR) is 71.6 cm³/mol. The van der Waals surface area contributed by atoms with Crippen LogP contribution in [0.25, 0.3) is 0 Å². The van der Waals surface area contributed by atoms with Crippen LogP contribution in [0, 0.1) is 12.8 Å². The maximum absolute atomic E-state index is 6.00. The second-order valence-corrected chi connectivity index (χ2v) is 5.35. The van der Waals surface area contributed by atoms with E-state index in [1.807, 2.05) is 7.05 Å². The van der Waals surface area contributed by atoms with Crippen molar-refractivity contribution in [1.29, 1.82) is 0 Å². The van der Waals surface area contributed by atoms with Crippen LogP contribution in [0.5, 0.6) is 5.75 Å². The van der Waals surface area contributed by atoms with Gasteiger partial charge in [0.05, 0.1) is 0 Å². The van der Waals surface area contributed by atoms with Gasteiger partial charge in [-0.1, -0.05) is 24.6 Å². The predicted octanol–water partition coefficient (Wildman–Crippen LogP) is 2.93. The highest BCUT2D eigenvalue weighted by molar-refractivity contribution is 5.40. The monoisotopic (exact) mass is 233 g/mol. The van der Waals surface area contributed by atoms with E-state index in [0.717, 1.165) is 18.6 Å². The number of benzene rings is 1. The van der Waals surface area contributed by atoms with Crippen LogP contribution >= 0.6 is 0 Å². The fourth-order valence-corrected chi connectivity index (χ4v) is 2.48. The van der Waals surface area contributed by atoms with E-state index in [-0.39, 0.29) is 0 Å². The first kappa shape index (κ1) is 12.4. The summed E-state index contributed by atoms with van der Waals surface area (Å²) < 4.78 is 6.00.